The van der Waals surface area contributed by atoms with Crippen molar-refractivity contribution in [2.45, 2.75) is 6.61 Å². The first-order valence-electron chi connectivity index (χ1n) is 2.58. The molecule has 0 unspecified atom stereocenters. The van der Waals surface area contributed by atoms with Crippen LogP contribution < -0.4 is 0 Å². The molecule has 0 spiro atoms. The number of aliphatic hydroxyl groups is 1. The van der Waals surface area contributed by atoms with Crippen LogP contribution in [0.5, 0.6) is 0 Å². The second kappa shape index (κ2) is 4.36. The summed E-state index contributed by atoms with van der Waals surface area (Å²) in [7, 11) is 0. The van der Waals surface area contributed by atoms with Crippen molar-refractivity contribution in [1.29, 1.82) is 0 Å². The maximum atomic E-state index is 8.54. The van der Waals surface area contributed by atoms with E-state index in [2.05, 4.69) is 0 Å². The topological polar surface area (TPSA) is 20.2 Å². The van der Waals surface area contributed by atoms with E-state index in [-0.39, 0.29) is 19.0 Å². The van der Waals surface area contributed by atoms with Crippen molar-refractivity contribution in [3.63, 3.8) is 0 Å². The van der Waals surface area contributed by atoms with E-state index in [1.54, 1.807) is 0 Å². The number of halogens is 1. The maximum Gasteiger partial charge on any atom is 0.0681 e. The highest BCUT2D eigenvalue weighted by Gasteiger charge is 1.81. The maximum absolute atomic E-state index is 8.54. The Balaban J connectivity index is 0.000000640. The fourth-order valence-electron chi connectivity index (χ4n) is 0.583. The Hall–Kier alpha value is -0.530. The molecule has 0 amide bonds. The van der Waals surface area contributed by atoms with Crippen LogP contribution in [-0.2, 0) is 6.61 Å². The molecule has 0 aliphatic rings. The van der Waals surface area contributed by atoms with E-state index in [9.17, 15) is 0 Å². The van der Waals surface area contributed by atoms with Gasteiger partial charge in [-0.2, -0.15) is 0 Å². The van der Waals surface area contributed by atoms with Crippen molar-refractivity contribution in [2.75, 3.05) is 0 Å². The Labute approximate surface area is 60.7 Å². The van der Waals surface area contributed by atoms with Crippen molar-refractivity contribution in [1.82, 2.24) is 0 Å². The van der Waals surface area contributed by atoms with Gasteiger partial charge in [0, 0.05) is 0 Å². The largest absolute Gasteiger partial charge is 0.392 e. The molecule has 0 heterocycles. The highest BCUT2D eigenvalue weighted by molar-refractivity contribution is 5.85. The zero-order chi connectivity index (χ0) is 5.82. The van der Waals surface area contributed by atoms with Gasteiger partial charge in [-0.25, -0.2) is 0 Å². The smallest absolute Gasteiger partial charge is 0.0681 e. The van der Waals surface area contributed by atoms with Crippen molar-refractivity contribution >= 4 is 12.4 Å². The fourth-order valence-corrected chi connectivity index (χ4v) is 0.583. The SMILES string of the molecule is Cl.OCc1ccccc1. The Morgan fingerprint density at radius 3 is 2.00 bits per heavy atom. The predicted molar refractivity (Wildman–Crippen MR) is 39.6 cm³/mol. The summed E-state index contributed by atoms with van der Waals surface area (Å²) in [5.41, 5.74) is 0.965. The molecule has 1 aromatic rings. The van der Waals surface area contributed by atoms with Gasteiger partial charge in [0.05, 0.1) is 6.61 Å². The summed E-state index contributed by atoms with van der Waals surface area (Å²) >= 11 is 0. The van der Waals surface area contributed by atoms with Crippen LogP contribution in [-0.4, -0.2) is 5.11 Å². The molecule has 0 atom stereocenters. The van der Waals surface area contributed by atoms with Crippen LogP contribution >= 0.6 is 12.4 Å². The Morgan fingerprint density at radius 2 is 1.67 bits per heavy atom. The van der Waals surface area contributed by atoms with Crippen molar-refractivity contribution < 1.29 is 5.11 Å². The van der Waals surface area contributed by atoms with Crippen LogP contribution in [0.3, 0.4) is 0 Å². The molecular formula is C7H9ClO. The number of hydrogen-bond donors (Lipinski definition) is 1. The molecule has 0 radical (unpaired) electrons. The molecule has 1 aromatic carbocycles. The summed E-state index contributed by atoms with van der Waals surface area (Å²) in [5, 5.41) is 8.54. The summed E-state index contributed by atoms with van der Waals surface area (Å²) in [6.07, 6.45) is 0. The molecule has 50 valence electrons. The normalized spacial score (nSPS) is 8.11. The molecule has 0 aliphatic heterocycles. The lowest BCUT2D eigenvalue weighted by Gasteiger charge is -1.89. The average Bonchev–Trinajstić information content (AvgIpc) is 1.90. The van der Waals surface area contributed by atoms with Crippen molar-refractivity contribution in [2.24, 2.45) is 0 Å². The van der Waals surface area contributed by atoms with Gasteiger partial charge >= 0.3 is 0 Å². The van der Waals surface area contributed by atoms with Gasteiger partial charge < -0.3 is 5.11 Å². The minimum absolute atomic E-state index is 0. The molecule has 0 saturated carbocycles. The van der Waals surface area contributed by atoms with Crippen LogP contribution in [0.15, 0.2) is 30.3 Å². The molecule has 0 bridgehead atoms. The lowest BCUT2D eigenvalue weighted by molar-refractivity contribution is 0.282. The van der Waals surface area contributed by atoms with Crippen LogP contribution in [0.2, 0.25) is 0 Å². The van der Waals surface area contributed by atoms with Gasteiger partial charge in [-0.15, -0.1) is 12.4 Å². The average molecular weight is 145 g/mol. The van der Waals surface area contributed by atoms with Gasteiger partial charge in [0.2, 0.25) is 0 Å². The first kappa shape index (κ1) is 8.47. The Morgan fingerprint density at radius 1 is 1.11 bits per heavy atom. The molecule has 1 rings (SSSR count). The van der Waals surface area contributed by atoms with E-state index in [0.717, 1.165) is 5.56 Å². The van der Waals surface area contributed by atoms with Gasteiger partial charge in [0.15, 0.2) is 0 Å². The molecule has 0 aromatic heterocycles. The van der Waals surface area contributed by atoms with E-state index in [4.69, 9.17) is 5.11 Å². The van der Waals surface area contributed by atoms with E-state index < -0.39 is 0 Å². The summed E-state index contributed by atoms with van der Waals surface area (Å²) in [6.45, 7) is 0.140. The molecule has 0 aliphatic carbocycles. The number of hydrogen-bond acceptors (Lipinski definition) is 1. The van der Waals surface area contributed by atoms with Gasteiger partial charge in [-0.05, 0) is 5.56 Å². The monoisotopic (exact) mass is 144 g/mol. The van der Waals surface area contributed by atoms with E-state index in [1.807, 2.05) is 30.3 Å². The van der Waals surface area contributed by atoms with Gasteiger partial charge in [0.25, 0.3) is 0 Å². The van der Waals surface area contributed by atoms with Gasteiger partial charge in [0.1, 0.15) is 0 Å². The lowest BCUT2D eigenvalue weighted by atomic mass is 10.2. The molecular weight excluding hydrogens is 136 g/mol. The molecule has 0 fully saturated rings. The minimum atomic E-state index is 0. The zero-order valence-corrected chi connectivity index (χ0v) is 5.77. The first-order valence-corrected chi connectivity index (χ1v) is 2.58. The minimum Gasteiger partial charge on any atom is -0.392 e. The molecule has 1 nitrogen and oxygen atoms in total. The predicted octanol–water partition coefficient (Wildman–Crippen LogP) is 1.60. The summed E-state index contributed by atoms with van der Waals surface area (Å²) in [4.78, 5) is 0. The number of aliphatic hydroxyl groups excluding tert-OH is 1. The zero-order valence-electron chi connectivity index (χ0n) is 4.95. The fraction of sp³-hybridized carbons (Fsp3) is 0.143. The molecule has 9 heavy (non-hydrogen) atoms. The highest BCUT2D eigenvalue weighted by atomic mass is 35.5. The number of rotatable bonds is 1. The van der Waals surface area contributed by atoms with Crippen LogP contribution in [0.4, 0.5) is 0 Å². The standard InChI is InChI=1S/C7H8O.ClH/c8-6-7-4-2-1-3-5-7;/h1-5,8H,6H2;1H. The van der Waals surface area contributed by atoms with Crippen molar-refractivity contribution in [3.8, 4) is 0 Å². The third-order valence-corrected chi connectivity index (χ3v) is 1.03. The third kappa shape index (κ3) is 2.49. The van der Waals surface area contributed by atoms with E-state index >= 15 is 0 Å². The summed E-state index contributed by atoms with van der Waals surface area (Å²) in [5.74, 6) is 0. The molecule has 1 N–H and O–H groups in total. The number of benzene rings is 1. The molecule has 0 saturated heterocycles. The first-order chi connectivity index (χ1) is 3.93. The van der Waals surface area contributed by atoms with Crippen LogP contribution in [0, 0.1) is 0 Å². The van der Waals surface area contributed by atoms with Gasteiger partial charge in [-0.3, -0.25) is 0 Å². The lowest BCUT2D eigenvalue weighted by Crippen LogP contribution is -1.77. The van der Waals surface area contributed by atoms with Crippen LogP contribution in [0.25, 0.3) is 0 Å². The Bertz CT molecular complexity index is 150. The quantitative estimate of drug-likeness (QED) is 0.635. The second-order valence-corrected chi connectivity index (χ2v) is 1.64. The van der Waals surface area contributed by atoms with Crippen LogP contribution in [0.1, 0.15) is 5.56 Å². The van der Waals surface area contributed by atoms with E-state index in [0.29, 0.717) is 0 Å². The second-order valence-electron chi connectivity index (χ2n) is 1.64. The molecule has 2 heteroatoms. The van der Waals surface area contributed by atoms with Crippen molar-refractivity contribution in [3.05, 3.63) is 35.9 Å². The summed E-state index contributed by atoms with van der Waals surface area (Å²) < 4.78 is 0. The van der Waals surface area contributed by atoms with E-state index in [1.165, 1.54) is 0 Å². The van der Waals surface area contributed by atoms with Gasteiger partial charge in [-0.1, -0.05) is 30.3 Å². The third-order valence-electron chi connectivity index (χ3n) is 1.03. The Kier molecular flexibility index (Phi) is 4.10. The summed E-state index contributed by atoms with van der Waals surface area (Å²) in [6, 6.07) is 9.52. The highest BCUT2D eigenvalue weighted by Crippen LogP contribution is 1.95.